The van der Waals surface area contributed by atoms with Crippen LogP contribution in [0.1, 0.15) is 44.6 Å². The fourth-order valence-electron chi connectivity index (χ4n) is 2.18. The lowest BCUT2D eigenvalue weighted by atomic mass is 10.0. The second kappa shape index (κ2) is 5.94. The average molecular weight is 292 g/mol. The molecular weight excluding hydrogens is 272 g/mol. The summed E-state index contributed by atoms with van der Waals surface area (Å²) in [5.74, 6) is 0.380. The van der Waals surface area contributed by atoms with Gasteiger partial charge in [-0.3, -0.25) is 0 Å². The largest absolute Gasteiger partial charge is 0.243 e. The Balaban J connectivity index is 2.25. The van der Waals surface area contributed by atoms with E-state index in [1.807, 2.05) is 18.2 Å². The van der Waals surface area contributed by atoms with Gasteiger partial charge in [0.15, 0.2) is 0 Å². The Bertz CT molecular complexity index is 596. The van der Waals surface area contributed by atoms with Crippen molar-refractivity contribution >= 4 is 10.0 Å². The minimum atomic E-state index is -3.47. The molecule has 5 heteroatoms. The first kappa shape index (κ1) is 15.0. The van der Waals surface area contributed by atoms with E-state index in [0.717, 1.165) is 18.4 Å². The van der Waals surface area contributed by atoms with Crippen molar-refractivity contribution in [1.82, 2.24) is 4.31 Å². The monoisotopic (exact) mass is 292 g/mol. The highest BCUT2D eigenvalue weighted by molar-refractivity contribution is 7.89. The molecule has 0 aliphatic heterocycles. The molecule has 108 valence electrons. The van der Waals surface area contributed by atoms with E-state index in [-0.39, 0.29) is 19.0 Å². The number of nitriles is 1. The molecule has 0 heterocycles. The Kier molecular flexibility index (Phi) is 4.46. The van der Waals surface area contributed by atoms with Gasteiger partial charge in [-0.2, -0.15) is 9.57 Å². The lowest BCUT2D eigenvalue weighted by molar-refractivity contribution is 0.411. The van der Waals surface area contributed by atoms with Crippen molar-refractivity contribution in [2.24, 2.45) is 0 Å². The zero-order valence-corrected chi connectivity index (χ0v) is 12.7. The van der Waals surface area contributed by atoms with Crippen LogP contribution >= 0.6 is 0 Å². The van der Waals surface area contributed by atoms with Crippen LogP contribution in [-0.2, 0) is 10.0 Å². The summed E-state index contributed by atoms with van der Waals surface area (Å²) in [6.07, 6.45) is 2.03. The summed E-state index contributed by atoms with van der Waals surface area (Å²) in [5.41, 5.74) is 1.12. The highest BCUT2D eigenvalue weighted by atomic mass is 32.2. The molecule has 4 nitrogen and oxygen atoms in total. The number of hydrogen-bond acceptors (Lipinski definition) is 3. The van der Waals surface area contributed by atoms with Crippen molar-refractivity contribution < 1.29 is 8.42 Å². The zero-order chi connectivity index (χ0) is 14.8. The topological polar surface area (TPSA) is 61.2 Å². The molecule has 1 fully saturated rings. The van der Waals surface area contributed by atoms with Crippen LogP contribution in [0.25, 0.3) is 0 Å². The van der Waals surface area contributed by atoms with Crippen molar-refractivity contribution in [1.29, 1.82) is 5.26 Å². The van der Waals surface area contributed by atoms with Crippen molar-refractivity contribution in [3.8, 4) is 6.07 Å². The molecule has 0 N–H and O–H groups in total. The van der Waals surface area contributed by atoms with Crippen molar-refractivity contribution in [3.63, 3.8) is 0 Å². The first-order valence-electron chi connectivity index (χ1n) is 6.95. The first-order chi connectivity index (χ1) is 9.46. The summed E-state index contributed by atoms with van der Waals surface area (Å²) >= 11 is 0. The van der Waals surface area contributed by atoms with Gasteiger partial charge in [-0.25, -0.2) is 8.42 Å². The van der Waals surface area contributed by atoms with Crippen LogP contribution in [0.4, 0.5) is 0 Å². The summed E-state index contributed by atoms with van der Waals surface area (Å²) in [5, 5.41) is 8.68. The quantitative estimate of drug-likeness (QED) is 0.810. The fraction of sp³-hybridized carbons (Fsp3) is 0.533. The van der Waals surface area contributed by atoms with Crippen LogP contribution in [0, 0.1) is 11.3 Å². The van der Waals surface area contributed by atoms with E-state index in [4.69, 9.17) is 5.26 Å². The van der Waals surface area contributed by atoms with E-state index in [1.54, 1.807) is 12.1 Å². The third kappa shape index (κ3) is 3.20. The highest BCUT2D eigenvalue weighted by Gasteiger charge is 2.37. The van der Waals surface area contributed by atoms with Crippen molar-refractivity contribution in [3.05, 3.63) is 29.8 Å². The van der Waals surface area contributed by atoms with Crippen LogP contribution < -0.4 is 0 Å². The number of hydrogen-bond donors (Lipinski definition) is 0. The molecule has 1 saturated carbocycles. The summed E-state index contributed by atoms with van der Waals surface area (Å²) < 4.78 is 26.7. The maximum absolute atomic E-state index is 12.6. The smallest absolute Gasteiger partial charge is 0.207 e. The van der Waals surface area contributed by atoms with Gasteiger partial charge in [-0.1, -0.05) is 26.0 Å². The molecule has 1 aliphatic carbocycles. The third-order valence-electron chi connectivity index (χ3n) is 3.55. The van der Waals surface area contributed by atoms with Crippen LogP contribution in [-0.4, -0.2) is 25.3 Å². The number of benzene rings is 1. The minimum Gasteiger partial charge on any atom is -0.207 e. The van der Waals surface area contributed by atoms with E-state index in [0.29, 0.717) is 10.8 Å². The van der Waals surface area contributed by atoms with Gasteiger partial charge in [0.2, 0.25) is 10.0 Å². The van der Waals surface area contributed by atoms with Gasteiger partial charge in [-0.15, -0.1) is 0 Å². The predicted octanol–water partition coefficient (Wildman–Crippen LogP) is 2.88. The Morgan fingerprint density at radius 3 is 2.35 bits per heavy atom. The van der Waals surface area contributed by atoms with Crippen LogP contribution in [0.5, 0.6) is 0 Å². The lowest BCUT2D eigenvalue weighted by Crippen LogP contribution is -2.33. The van der Waals surface area contributed by atoms with Crippen molar-refractivity contribution in [2.45, 2.75) is 50.0 Å². The Morgan fingerprint density at radius 2 is 1.90 bits per heavy atom. The molecule has 2 rings (SSSR count). The molecule has 0 radical (unpaired) electrons. The van der Waals surface area contributed by atoms with E-state index in [9.17, 15) is 8.42 Å². The Labute approximate surface area is 121 Å². The van der Waals surface area contributed by atoms with E-state index < -0.39 is 10.0 Å². The predicted molar refractivity (Wildman–Crippen MR) is 77.7 cm³/mol. The second-order valence-corrected chi connectivity index (χ2v) is 7.37. The number of nitrogens with zero attached hydrogens (tertiary/aromatic N) is 2. The highest BCUT2D eigenvalue weighted by Crippen LogP contribution is 2.32. The standard InChI is InChI=1S/C15H20N2O2S/c1-12(2)13-4-8-15(9-5-13)20(18,19)17(11-3-10-16)14-6-7-14/h4-5,8-9,12,14H,3,6-7,11H2,1-2H3. The molecule has 1 aromatic rings. The molecule has 0 aromatic heterocycles. The maximum atomic E-state index is 12.6. The molecule has 0 saturated heterocycles. The lowest BCUT2D eigenvalue weighted by Gasteiger charge is -2.21. The van der Waals surface area contributed by atoms with Gasteiger partial charge in [0.1, 0.15) is 0 Å². The SMILES string of the molecule is CC(C)c1ccc(S(=O)(=O)N(CCC#N)C2CC2)cc1. The average Bonchev–Trinajstić information content (AvgIpc) is 3.23. The molecular formula is C15H20N2O2S. The molecule has 0 atom stereocenters. The summed E-state index contributed by atoms with van der Waals surface area (Å²) in [6.45, 7) is 4.44. The molecule has 1 aromatic carbocycles. The molecule has 0 bridgehead atoms. The van der Waals surface area contributed by atoms with Gasteiger partial charge < -0.3 is 0 Å². The van der Waals surface area contributed by atoms with Crippen LogP contribution in [0.15, 0.2) is 29.2 Å². The summed E-state index contributed by atoms with van der Waals surface area (Å²) in [4.78, 5) is 0.326. The maximum Gasteiger partial charge on any atom is 0.243 e. The summed E-state index contributed by atoms with van der Waals surface area (Å²) in [6, 6.07) is 9.19. The van der Waals surface area contributed by atoms with E-state index in [1.165, 1.54) is 4.31 Å². The van der Waals surface area contributed by atoms with E-state index >= 15 is 0 Å². The zero-order valence-electron chi connectivity index (χ0n) is 11.9. The molecule has 0 amide bonds. The third-order valence-corrected chi connectivity index (χ3v) is 5.52. The Hall–Kier alpha value is -1.38. The van der Waals surface area contributed by atoms with Gasteiger partial charge in [0, 0.05) is 19.0 Å². The molecule has 0 spiro atoms. The van der Waals surface area contributed by atoms with Gasteiger partial charge in [0.05, 0.1) is 11.0 Å². The van der Waals surface area contributed by atoms with Crippen LogP contribution in [0.3, 0.4) is 0 Å². The number of rotatable bonds is 6. The van der Waals surface area contributed by atoms with Crippen LogP contribution in [0.2, 0.25) is 0 Å². The minimum absolute atomic E-state index is 0.0816. The number of sulfonamides is 1. The molecule has 0 unspecified atom stereocenters. The van der Waals surface area contributed by atoms with E-state index in [2.05, 4.69) is 13.8 Å². The Morgan fingerprint density at radius 1 is 1.30 bits per heavy atom. The van der Waals surface area contributed by atoms with Gasteiger partial charge >= 0.3 is 0 Å². The second-order valence-electron chi connectivity index (χ2n) is 5.48. The fourth-order valence-corrected chi connectivity index (χ4v) is 3.87. The summed E-state index contributed by atoms with van der Waals surface area (Å²) in [7, 11) is -3.47. The molecule has 20 heavy (non-hydrogen) atoms. The van der Waals surface area contributed by atoms with Gasteiger partial charge in [-0.05, 0) is 36.5 Å². The molecule has 1 aliphatic rings. The normalized spacial score (nSPS) is 15.6. The van der Waals surface area contributed by atoms with Crippen molar-refractivity contribution in [2.75, 3.05) is 6.54 Å². The first-order valence-corrected chi connectivity index (χ1v) is 8.39. The van der Waals surface area contributed by atoms with Gasteiger partial charge in [0.25, 0.3) is 0 Å².